The minimum absolute atomic E-state index is 0.678. The number of rotatable bonds is 5. The third-order valence-electron chi connectivity index (χ3n) is 6.99. The molecule has 2 aliphatic rings. The highest BCUT2D eigenvalue weighted by molar-refractivity contribution is 7.46. The number of hydrogen-bond donors (Lipinski definition) is 1. The lowest BCUT2D eigenvalue weighted by Gasteiger charge is -2.30. The monoisotopic (exact) mass is 559 g/mol. The van der Waals surface area contributed by atoms with Crippen LogP contribution in [-0.2, 0) is 4.79 Å². The third-order valence-corrected chi connectivity index (χ3v) is 7.88. The summed E-state index contributed by atoms with van der Waals surface area (Å²) < 4.78 is 1.97. The molecule has 40 heavy (non-hydrogen) atoms. The van der Waals surface area contributed by atoms with Gasteiger partial charge >= 0.3 is 0 Å². The number of aryl methyl sites for hydroxylation is 1. The van der Waals surface area contributed by atoms with E-state index >= 15 is 0 Å². The van der Waals surface area contributed by atoms with Gasteiger partial charge in [0.05, 0.1) is 11.9 Å². The van der Waals surface area contributed by atoms with Crippen LogP contribution < -0.4 is 10.6 Å². The summed E-state index contributed by atoms with van der Waals surface area (Å²) in [7, 11) is 2.90. The lowest BCUT2D eigenvalue weighted by Crippen LogP contribution is -2.35. The van der Waals surface area contributed by atoms with Gasteiger partial charge in [-0.05, 0) is 64.3 Å². The van der Waals surface area contributed by atoms with Crippen molar-refractivity contribution in [1.29, 1.82) is 0 Å². The van der Waals surface area contributed by atoms with Crippen molar-refractivity contribution in [1.82, 2.24) is 19.5 Å². The number of carbonyl (C=O) groups is 1. The van der Waals surface area contributed by atoms with Crippen LogP contribution in [0.5, 0.6) is 0 Å². The molecule has 6 rings (SSSR count). The van der Waals surface area contributed by atoms with E-state index in [0.717, 1.165) is 42.5 Å². The van der Waals surface area contributed by atoms with Crippen LogP contribution in [0, 0.1) is 18.8 Å². The summed E-state index contributed by atoms with van der Waals surface area (Å²) in [6.07, 6.45) is 8.25. The molecule has 1 N–H and O–H groups in total. The first-order valence-electron chi connectivity index (χ1n) is 14.4. The van der Waals surface area contributed by atoms with Crippen molar-refractivity contribution in [2.45, 2.75) is 46.5 Å². The van der Waals surface area contributed by atoms with E-state index in [2.05, 4.69) is 73.2 Å². The number of hydrogen-bond acceptors (Lipinski definition) is 5. The second-order valence-corrected chi connectivity index (χ2v) is 11.6. The average Bonchev–Trinajstić information content (AvgIpc) is 3.65. The Labute approximate surface area is 242 Å². The number of nitrogens with zero attached hydrogens (tertiary/aromatic N) is 4. The van der Waals surface area contributed by atoms with Crippen molar-refractivity contribution in [2.75, 3.05) is 38.7 Å². The molecule has 1 aliphatic heterocycles. The fraction of sp³-hybridized carbons (Fsp3) is 0.424. The van der Waals surface area contributed by atoms with Gasteiger partial charge in [0, 0.05) is 30.0 Å². The third kappa shape index (κ3) is 10.1. The topological polar surface area (TPSA) is 62.5 Å². The van der Waals surface area contributed by atoms with Crippen LogP contribution in [0.15, 0.2) is 72.9 Å². The van der Waals surface area contributed by atoms with E-state index in [1.54, 1.807) is 0 Å². The summed E-state index contributed by atoms with van der Waals surface area (Å²) in [5, 5.41) is 9.51. The lowest BCUT2D eigenvalue weighted by atomic mass is 9.98. The van der Waals surface area contributed by atoms with E-state index < -0.39 is 0 Å². The molecule has 4 aromatic rings. The van der Waals surface area contributed by atoms with Crippen LogP contribution in [0.1, 0.15) is 45.1 Å². The highest BCUT2D eigenvalue weighted by Crippen LogP contribution is 2.27. The van der Waals surface area contributed by atoms with Crippen LogP contribution in [0.2, 0.25) is 0 Å². The van der Waals surface area contributed by atoms with Gasteiger partial charge in [-0.15, -0.1) is 0 Å². The van der Waals surface area contributed by atoms with Gasteiger partial charge in [0.2, 0.25) is 0 Å². The van der Waals surface area contributed by atoms with Gasteiger partial charge in [0.25, 0.3) is 0 Å². The smallest absolute Gasteiger partial charge is 0.165 e. The number of aromatic nitrogens is 3. The zero-order chi connectivity index (χ0) is 28.7. The molecule has 2 fully saturated rings. The molecule has 1 saturated heterocycles. The number of piperidine rings is 1. The number of carbonyl (C=O) groups excluding carboxylic acids is 1. The highest BCUT2D eigenvalue weighted by Gasteiger charge is 2.18. The Hall–Kier alpha value is -3.08. The van der Waals surface area contributed by atoms with E-state index in [4.69, 9.17) is 9.78 Å². The Morgan fingerprint density at radius 1 is 1.05 bits per heavy atom. The average molecular weight is 560 g/mol. The maximum atomic E-state index is 8.81. The Morgan fingerprint density at radius 2 is 1.68 bits per heavy atom. The van der Waals surface area contributed by atoms with Crippen molar-refractivity contribution in [3.05, 3.63) is 78.5 Å². The van der Waals surface area contributed by atoms with Crippen LogP contribution in [-0.4, -0.2) is 59.1 Å². The molecule has 7 heteroatoms. The minimum atomic E-state index is 0.678. The molecule has 1 aliphatic carbocycles. The van der Waals surface area contributed by atoms with Gasteiger partial charge < -0.3 is 15.0 Å². The number of fused-ring (bicyclic) bond motifs is 1. The first-order chi connectivity index (χ1) is 19.5. The van der Waals surface area contributed by atoms with Gasteiger partial charge in [-0.1, -0.05) is 89.0 Å². The largest absolute Gasteiger partial charge is 0.370 e. The number of likely N-dealkylation sites (tertiary alicyclic amines) is 1. The SMILES string of the molecule is CC1CC1.CC=O.CPc1cnn2c(NCC3CCCN(C)C3)cc(-c3ccccc3C)nc12.c1ccccc1. The molecule has 0 bridgehead atoms. The van der Waals surface area contributed by atoms with E-state index in [1.807, 2.05) is 47.1 Å². The molecule has 6 nitrogen and oxygen atoms in total. The van der Waals surface area contributed by atoms with Gasteiger partial charge in [-0.25, -0.2) is 4.98 Å². The number of benzene rings is 2. The Balaban J connectivity index is 0.000000278. The molecule has 2 atom stereocenters. The van der Waals surface area contributed by atoms with E-state index in [0.29, 0.717) is 14.5 Å². The molecule has 2 unspecified atom stereocenters. The van der Waals surface area contributed by atoms with E-state index in [-0.39, 0.29) is 0 Å². The molecule has 0 amide bonds. The zero-order valence-electron chi connectivity index (χ0n) is 24.8. The van der Waals surface area contributed by atoms with Crippen LogP contribution in [0.3, 0.4) is 0 Å². The molecule has 214 valence electrons. The first kappa shape index (κ1) is 31.4. The first-order valence-corrected chi connectivity index (χ1v) is 15.9. The molecule has 0 spiro atoms. The van der Waals surface area contributed by atoms with Crippen LogP contribution >= 0.6 is 8.58 Å². The maximum Gasteiger partial charge on any atom is 0.165 e. The fourth-order valence-corrected chi connectivity index (χ4v) is 5.08. The van der Waals surface area contributed by atoms with Crippen LogP contribution in [0.25, 0.3) is 16.9 Å². The van der Waals surface area contributed by atoms with Crippen molar-refractivity contribution in [3.8, 4) is 11.3 Å². The second kappa shape index (κ2) is 16.9. The van der Waals surface area contributed by atoms with Gasteiger partial charge in [0.1, 0.15) is 12.1 Å². The standard InChI is InChI=1S/C21H28N5P.C6H6.C4H8.C2H4O/c1-15-7-4-5-9-17(15)18-11-20(22-12-16-8-6-10-25(2)14-16)26-21(24-18)19(27-3)13-23-26;1-2-4-6-5-3-1;1-4-2-3-4;1-2-3/h4-5,7,9,11,13,16,22,27H,6,8,10,12,14H2,1-3H3;1-6H;4H,2-3H2,1H3;2H,1H3. The summed E-state index contributed by atoms with van der Waals surface area (Å²) in [4.78, 5) is 16.2. The van der Waals surface area contributed by atoms with E-state index in [1.165, 1.54) is 55.6 Å². The number of anilines is 1. The maximum absolute atomic E-state index is 8.81. The van der Waals surface area contributed by atoms with E-state index in [9.17, 15) is 0 Å². The predicted octanol–water partition coefficient (Wildman–Crippen LogP) is 6.70. The normalized spacial score (nSPS) is 16.7. The Morgan fingerprint density at radius 3 is 2.23 bits per heavy atom. The molecule has 0 radical (unpaired) electrons. The number of aldehydes is 1. The van der Waals surface area contributed by atoms with Crippen molar-refractivity contribution >= 4 is 31.6 Å². The molecule has 1 saturated carbocycles. The van der Waals surface area contributed by atoms with Crippen molar-refractivity contribution < 1.29 is 4.79 Å². The Bertz CT molecular complexity index is 1260. The summed E-state index contributed by atoms with van der Waals surface area (Å²) >= 11 is 0. The summed E-state index contributed by atoms with van der Waals surface area (Å²) in [6.45, 7) is 11.4. The molecule has 2 aromatic carbocycles. The minimum Gasteiger partial charge on any atom is -0.370 e. The predicted molar refractivity (Wildman–Crippen MR) is 172 cm³/mol. The second-order valence-electron chi connectivity index (χ2n) is 10.6. The highest BCUT2D eigenvalue weighted by atomic mass is 31.1. The number of nitrogens with one attached hydrogen (secondary N) is 1. The molecule has 2 aromatic heterocycles. The van der Waals surface area contributed by atoms with Gasteiger partial charge in [-0.3, -0.25) is 0 Å². The zero-order valence-corrected chi connectivity index (χ0v) is 25.8. The molecule has 3 heterocycles. The summed E-state index contributed by atoms with van der Waals surface area (Å²) in [6, 6.07) is 22.6. The molecular weight excluding hydrogens is 513 g/mol. The van der Waals surface area contributed by atoms with Crippen molar-refractivity contribution in [3.63, 3.8) is 0 Å². The quantitative estimate of drug-likeness (QED) is 0.218. The van der Waals surface area contributed by atoms with Crippen LogP contribution in [0.4, 0.5) is 5.82 Å². The molecular formula is C33H46N5OP. The van der Waals surface area contributed by atoms with Crippen molar-refractivity contribution in [2.24, 2.45) is 11.8 Å². The fourth-order valence-electron chi connectivity index (χ4n) is 4.50. The Kier molecular flexibility index (Phi) is 13.3. The summed E-state index contributed by atoms with van der Waals surface area (Å²) in [5.74, 6) is 2.80. The summed E-state index contributed by atoms with van der Waals surface area (Å²) in [5.41, 5.74) is 4.42. The van der Waals surface area contributed by atoms with Gasteiger partial charge in [0.15, 0.2) is 5.65 Å². The van der Waals surface area contributed by atoms with Gasteiger partial charge in [-0.2, -0.15) is 9.61 Å². The lowest BCUT2D eigenvalue weighted by molar-refractivity contribution is -0.106.